The number of amides is 2. The number of aromatic nitrogens is 1. The molecule has 1 aromatic carbocycles. The van der Waals surface area contributed by atoms with Crippen LogP contribution in [0, 0.1) is 5.92 Å². The molecule has 1 fully saturated rings. The van der Waals surface area contributed by atoms with E-state index in [9.17, 15) is 14.4 Å². The standard InChI is InChI=1S/C19H20ClN3O3/c1-19(2,3)22-17(25)16-15(24)10-23(18(16)26)9-11-4-5-12-13(20)6-7-21-14(12)8-11/h4-8,16H,9-10H2,1-3H3,(H,22,25)/t16-/m0/s1. The zero-order chi connectivity index (χ0) is 19.1. The largest absolute Gasteiger partial charge is 0.350 e. The molecule has 1 atom stereocenters. The van der Waals surface area contributed by atoms with Gasteiger partial charge >= 0.3 is 0 Å². The number of nitrogens with zero attached hydrogens (tertiary/aromatic N) is 2. The van der Waals surface area contributed by atoms with Crippen LogP contribution in [0.5, 0.6) is 0 Å². The van der Waals surface area contributed by atoms with Crippen LogP contribution in [-0.4, -0.2) is 39.6 Å². The monoisotopic (exact) mass is 373 g/mol. The Labute approximate surface area is 156 Å². The Bertz CT molecular complexity index is 905. The lowest BCUT2D eigenvalue weighted by Crippen LogP contribution is -2.47. The molecule has 1 saturated heterocycles. The number of fused-ring (bicyclic) bond motifs is 1. The number of carbonyl (C=O) groups is 3. The van der Waals surface area contributed by atoms with Crippen LogP contribution in [0.4, 0.5) is 0 Å². The van der Waals surface area contributed by atoms with Gasteiger partial charge in [-0.25, -0.2) is 0 Å². The number of carbonyl (C=O) groups excluding carboxylic acids is 3. The maximum absolute atomic E-state index is 12.6. The highest BCUT2D eigenvalue weighted by molar-refractivity contribution is 6.35. The van der Waals surface area contributed by atoms with E-state index in [2.05, 4.69) is 10.3 Å². The van der Waals surface area contributed by atoms with E-state index in [0.29, 0.717) is 5.02 Å². The first kappa shape index (κ1) is 18.3. The molecule has 2 aromatic rings. The second-order valence-electron chi connectivity index (χ2n) is 7.48. The van der Waals surface area contributed by atoms with Gasteiger partial charge in [-0.2, -0.15) is 0 Å². The Kier molecular flexibility index (Phi) is 4.71. The molecule has 0 radical (unpaired) electrons. The molecule has 0 aliphatic carbocycles. The zero-order valence-electron chi connectivity index (χ0n) is 14.9. The fourth-order valence-corrected chi connectivity index (χ4v) is 3.21. The predicted molar refractivity (Wildman–Crippen MR) is 98.6 cm³/mol. The summed E-state index contributed by atoms with van der Waals surface area (Å²) in [5.74, 6) is -2.64. The van der Waals surface area contributed by atoms with Gasteiger partial charge < -0.3 is 10.2 Å². The Morgan fingerprint density at radius 2 is 2.04 bits per heavy atom. The number of ketones is 1. The van der Waals surface area contributed by atoms with Crippen LogP contribution in [0.1, 0.15) is 26.3 Å². The molecule has 3 rings (SSSR count). The van der Waals surface area contributed by atoms with Crippen LogP contribution in [-0.2, 0) is 20.9 Å². The number of benzene rings is 1. The van der Waals surface area contributed by atoms with Gasteiger partial charge in [0.1, 0.15) is 0 Å². The molecule has 1 aliphatic heterocycles. The van der Waals surface area contributed by atoms with E-state index < -0.39 is 23.3 Å². The molecule has 1 N–H and O–H groups in total. The van der Waals surface area contributed by atoms with Gasteiger partial charge in [0, 0.05) is 23.7 Å². The van der Waals surface area contributed by atoms with Crippen molar-refractivity contribution < 1.29 is 14.4 Å². The molecule has 26 heavy (non-hydrogen) atoms. The quantitative estimate of drug-likeness (QED) is 0.837. The van der Waals surface area contributed by atoms with Crippen molar-refractivity contribution in [3.63, 3.8) is 0 Å². The van der Waals surface area contributed by atoms with Crippen LogP contribution < -0.4 is 5.32 Å². The van der Waals surface area contributed by atoms with Gasteiger partial charge in [-0.15, -0.1) is 0 Å². The summed E-state index contributed by atoms with van der Waals surface area (Å²) >= 11 is 6.14. The molecule has 0 bridgehead atoms. The minimum Gasteiger partial charge on any atom is -0.350 e. The fourth-order valence-electron chi connectivity index (χ4n) is 2.99. The van der Waals surface area contributed by atoms with Crippen molar-refractivity contribution in [2.24, 2.45) is 5.92 Å². The molecule has 7 heteroatoms. The lowest BCUT2D eigenvalue weighted by atomic mass is 10.0. The van der Waals surface area contributed by atoms with Crippen molar-refractivity contribution >= 4 is 40.1 Å². The second-order valence-corrected chi connectivity index (χ2v) is 7.88. The lowest BCUT2D eigenvalue weighted by molar-refractivity contribution is -0.140. The molecule has 6 nitrogen and oxygen atoms in total. The number of Topliss-reactive ketones (excluding diaryl/α,β-unsaturated/α-hetero) is 1. The van der Waals surface area contributed by atoms with E-state index in [1.807, 2.05) is 18.2 Å². The van der Waals surface area contributed by atoms with Crippen LogP contribution in [0.25, 0.3) is 10.9 Å². The van der Waals surface area contributed by atoms with Crippen molar-refractivity contribution in [2.45, 2.75) is 32.9 Å². The first-order valence-electron chi connectivity index (χ1n) is 8.32. The maximum atomic E-state index is 12.6. The third-order valence-corrected chi connectivity index (χ3v) is 4.44. The van der Waals surface area contributed by atoms with Gasteiger partial charge in [-0.1, -0.05) is 23.7 Å². The van der Waals surface area contributed by atoms with Crippen LogP contribution in [0.15, 0.2) is 30.5 Å². The minimum atomic E-state index is -1.26. The number of halogens is 1. The maximum Gasteiger partial charge on any atom is 0.243 e. The highest BCUT2D eigenvalue weighted by Crippen LogP contribution is 2.24. The SMILES string of the molecule is CC(C)(C)NC(=O)[C@@H]1C(=O)CN(Cc2ccc3c(Cl)ccnc3c2)C1=O. The summed E-state index contributed by atoms with van der Waals surface area (Å²) < 4.78 is 0. The summed E-state index contributed by atoms with van der Waals surface area (Å²) in [7, 11) is 0. The van der Waals surface area contributed by atoms with Crippen molar-refractivity contribution in [3.05, 3.63) is 41.0 Å². The molecule has 0 spiro atoms. The van der Waals surface area contributed by atoms with E-state index in [1.165, 1.54) is 4.90 Å². The number of hydrogen-bond acceptors (Lipinski definition) is 4. The van der Waals surface area contributed by atoms with E-state index in [-0.39, 0.29) is 18.9 Å². The third kappa shape index (κ3) is 3.70. The number of nitrogens with one attached hydrogen (secondary N) is 1. The fraction of sp³-hybridized carbons (Fsp3) is 0.368. The van der Waals surface area contributed by atoms with Crippen LogP contribution in [0.3, 0.4) is 0 Å². The molecule has 0 unspecified atom stereocenters. The summed E-state index contributed by atoms with van der Waals surface area (Å²) in [6.07, 6.45) is 1.62. The molecule has 1 aromatic heterocycles. The van der Waals surface area contributed by atoms with Gasteiger partial charge in [0.15, 0.2) is 11.7 Å². The van der Waals surface area contributed by atoms with E-state index in [4.69, 9.17) is 11.6 Å². The molecular formula is C19H20ClN3O3. The second kappa shape index (κ2) is 6.68. The molecule has 1 aliphatic rings. The van der Waals surface area contributed by atoms with Crippen LogP contribution >= 0.6 is 11.6 Å². The summed E-state index contributed by atoms with van der Waals surface area (Å²) in [5, 5.41) is 4.13. The van der Waals surface area contributed by atoms with Gasteiger partial charge in [-0.3, -0.25) is 19.4 Å². The van der Waals surface area contributed by atoms with Gasteiger partial charge in [0.05, 0.1) is 17.1 Å². The van der Waals surface area contributed by atoms with Crippen LogP contribution in [0.2, 0.25) is 5.02 Å². The third-order valence-electron chi connectivity index (χ3n) is 4.12. The molecule has 2 heterocycles. The topological polar surface area (TPSA) is 79.4 Å². The van der Waals surface area contributed by atoms with Crippen molar-refractivity contribution in [1.29, 1.82) is 0 Å². The number of pyridine rings is 1. The Morgan fingerprint density at radius 1 is 1.31 bits per heavy atom. The highest BCUT2D eigenvalue weighted by atomic mass is 35.5. The Balaban J connectivity index is 1.78. The predicted octanol–water partition coefficient (Wildman–Crippen LogP) is 2.33. The van der Waals surface area contributed by atoms with E-state index >= 15 is 0 Å². The van der Waals surface area contributed by atoms with Crippen molar-refractivity contribution in [3.8, 4) is 0 Å². The first-order valence-corrected chi connectivity index (χ1v) is 8.70. The Morgan fingerprint density at radius 3 is 2.73 bits per heavy atom. The summed E-state index contributed by atoms with van der Waals surface area (Å²) in [5.41, 5.74) is 1.04. The number of likely N-dealkylation sites (tertiary alicyclic amines) is 1. The number of hydrogen-bond donors (Lipinski definition) is 1. The molecule has 136 valence electrons. The van der Waals surface area contributed by atoms with Gasteiger partial charge in [0.25, 0.3) is 0 Å². The average molecular weight is 374 g/mol. The number of rotatable bonds is 3. The smallest absolute Gasteiger partial charge is 0.243 e. The minimum absolute atomic E-state index is 0.0674. The van der Waals surface area contributed by atoms with E-state index in [0.717, 1.165) is 16.5 Å². The Hall–Kier alpha value is -2.47. The summed E-state index contributed by atoms with van der Waals surface area (Å²) in [6, 6.07) is 7.23. The first-order chi connectivity index (χ1) is 12.2. The van der Waals surface area contributed by atoms with Gasteiger partial charge in [-0.05, 0) is 38.5 Å². The molecule has 2 amide bonds. The normalized spacial score (nSPS) is 17.8. The van der Waals surface area contributed by atoms with Crippen molar-refractivity contribution in [1.82, 2.24) is 15.2 Å². The summed E-state index contributed by atoms with van der Waals surface area (Å²) in [4.78, 5) is 42.8. The summed E-state index contributed by atoms with van der Waals surface area (Å²) in [6.45, 7) is 5.59. The van der Waals surface area contributed by atoms with Gasteiger partial charge in [0.2, 0.25) is 11.8 Å². The average Bonchev–Trinajstić information content (AvgIpc) is 2.80. The molecular weight excluding hydrogens is 354 g/mol. The molecule has 0 saturated carbocycles. The lowest BCUT2D eigenvalue weighted by Gasteiger charge is -2.22. The van der Waals surface area contributed by atoms with Crippen molar-refractivity contribution in [2.75, 3.05) is 6.54 Å². The highest BCUT2D eigenvalue weighted by Gasteiger charge is 2.44. The van der Waals surface area contributed by atoms with E-state index in [1.54, 1.807) is 33.0 Å². The zero-order valence-corrected chi connectivity index (χ0v) is 15.6.